The standard InChI is InChI=1S/C42H31N3O/c1-4-15-33(16-5-1)44(34-17-6-2-7-18-34)37-22-13-23-38(30-37)45(35-19-8-3-9-20-35)36-21-12-14-31(28-36)43-32-26-27-42-40(29-32)39-24-10-11-25-41(39)46-42/h1-30,43H. The van der Waals surface area contributed by atoms with Gasteiger partial charge >= 0.3 is 0 Å². The molecule has 0 saturated carbocycles. The highest BCUT2D eigenvalue weighted by Crippen LogP contribution is 2.41. The summed E-state index contributed by atoms with van der Waals surface area (Å²) in [6.45, 7) is 0. The average Bonchev–Trinajstić information content (AvgIpc) is 3.48. The molecule has 0 saturated heterocycles. The smallest absolute Gasteiger partial charge is 0.135 e. The van der Waals surface area contributed by atoms with Gasteiger partial charge in [-0.1, -0.05) is 84.9 Å². The van der Waals surface area contributed by atoms with Crippen LogP contribution < -0.4 is 15.1 Å². The van der Waals surface area contributed by atoms with Crippen molar-refractivity contribution in [3.05, 3.63) is 182 Å². The van der Waals surface area contributed by atoms with Crippen LogP contribution in [0.4, 0.5) is 45.5 Å². The number of nitrogens with zero attached hydrogens (tertiary/aromatic N) is 2. The number of hydrogen-bond acceptors (Lipinski definition) is 4. The largest absolute Gasteiger partial charge is 0.456 e. The second-order valence-corrected chi connectivity index (χ2v) is 11.2. The van der Waals surface area contributed by atoms with Crippen LogP contribution in [0, 0.1) is 0 Å². The molecule has 0 aliphatic heterocycles. The lowest BCUT2D eigenvalue weighted by molar-refractivity contribution is 0.669. The van der Waals surface area contributed by atoms with Gasteiger partial charge < -0.3 is 19.5 Å². The highest BCUT2D eigenvalue weighted by molar-refractivity contribution is 6.06. The van der Waals surface area contributed by atoms with Gasteiger partial charge in [-0.3, -0.25) is 0 Å². The van der Waals surface area contributed by atoms with E-state index in [9.17, 15) is 0 Å². The molecule has 0 atom stereocenters. The van der Waals surface area contributed by atoms with E-state index < -0.39 is 0 Å². The van der Waals surface area contributed by atoms with Crippen molar-refractivity contribution in [1.82, 2.24) is 0 Å². The maximum atomic E-state index is 6.05. The molecule has 0 unspecified atom stereocenters. The molecule has 7 aromatic carbocycles. The molecule has 0 spiro atoms. The van der Waals surface area contributed by atoms with E-state index in [1.807, 2.05) is 24.3 Å². The quantitative estimate of drug-likeness (QED) is 0.190. The molecule has 46 heavy (non-hydrogen) atoms. The lowest BCUT2D eigenvalue weighted by atomic mass is 10.1. The van der Waals surface area contributed by atoms with Gasteiger partial charge in [0.1, 0.15) is 11.2 Å². The zero-order valence-electron chi connectivity index (χ0n) is 25.1. The molecule has 0 amide bonds. The minimum atomic E-state index is 0.885. The Morgan fingerprint density at radius 3 is 1.41 bits per heavy atom. The molecular formula is C42H31N3O. The molecule has 4 nitrogen and oxygen atoms in total. The van der Waals surface area contributed by atoms with Gasteiger partial charge in [0.15, 0.2) is 0 Å². The van der Waals surface area contributed by atoms with Crippen molar-refractivity contribution in [1.29, 1.82) is 0 Å². The van der Waals surface area contributed by atoms with E-state index in [2.05, 4.69) is 173 Å². The predicted octanol–water partition coefficient (Wildman–Crippen LogP) is 12.3. The Balaban J connectivity index is 1.19. The molecule has 1 N–H and O–H groups in total. The minimum Gasteiger partial charge on any atom is -0.456 e. The summed E-state index contributed by atoms with van der Waals surface area (Å²) in [6.07, 6.45) is 0. The van der Waals surface area contributed by atoms with E-state index in [1.54, 1.807) is 0 Å². The first-order valence-corrected chi connectivity index (χ1v) is 15.4. The number of hydrogen-bond donors (Lipinski definition) is 1. The molecular weight excluding hydrogens is 562 g/mol. The number of furan rings is 1. The maximum Gasteiger partial charge on any atom is 0.135 e. The monoisotopic (exact) mass is 593 g/mol. The van der Waals surface area contributed by atoms with Gasteiger partial charge in [0.05, 0.1) is 0 Å². The van der Waals surface area contributed by atoms with Crippen LogP contribution in [0.5, 0.6) is 0 Å². The van der Waals surface area contributed by atoms with E-state index >= 15 is 0 Å². The van der Waals surface area contributed by atoms with Gasteiger partial charge in [0.25, 0.3) is 0 Å². The molecule has 220 valence electrons. The average molecular weight is 594 g/mol. The molecule has 8 rings (SSSR count). The molecule has 1 aromatic heterocycles. The third-order valence-electron chi connectivity index (χ3n) is 8.16. The zero-order chi connectivity index (χ0) is 30.7. The fourth-order valence-corrected chi connectivity index (χ4v) is 6.09. The van der Waals surface area contributed by atoms with Crippen LogP contribution in [0.3, 0.4) is 0 Å². The van der Waals surface area contributed by atoms with Crippen LogP contribution in [0.1, 0.15) is 0 Å². The summed E-state index contributed by atoms with van der Waals surface area (Å²) >= 11 is 0. The Morgan fingerprint density at radius 2 is 0.783 bits per heavy atom. The van der Waals surface area contributed by atoms with Gasteiger partial charge in [0, 0.05) is 56.3 Å². The van der Waals surface area contributed by atoms with Crippen molar-refractivity contribution in [2.75, 3.05) is 15.1 Å². The van der Waals surface area contributed by atoms with E-state index in [1.165, 1.54) is 0 Å². The Morgan fingerprint density at radius 1 is 0.326 bits per heavy atom. The second kappa shape index (κ2) is 12.0. The number of nitrogens with one attached hydrogen (secondary N) is 1. The number of fused-ring (bicyclic) bond motifs is 3. The number of benzene rings is 7. The topological polar surface area (TPSA) is 31.6 Å². The summed E-state index contributed by atoms with van der Waals surface area (Å²) in [4.78, 5) is 4.59. The summed E-state index contributed by atoms with van der Waals surface area (Å²) in [5.41, 5.74) is 10.3. The zero-order valence-corrected chi connectivity index (χ0v) is 25.1. The van der Waals surface area contributed by atoms with Gasteiger partial charge in [-0.25, -0.2) is 0 Å². The second-order valence-electron chi connectivity index (χ2n) is 11.2. The number of rotatable bonds is 8. The summed E-state index contributed by atoms with van der Waals surface area (Å²) in [5, 5.41) is 5.86. The van der Waals surface area contributed by atoms with Crippen molar-refractivity contribution in [2.45, 2.75) is 0 Å². The van der Waals surface area contributed by atoms with E-state index in [4.69, 9.17) is 4.42 Å². The molecule has 4 heteroatoms. The van der Waals surface area contributed by atoms with E-state index in [0.717, 1.165) is 67.4 Å². The Labute approximate surface area is 268 Å². The van der Waals surface area contributed by atoms with Crippen molar-refractivity contribution in [2.24, 2.45) is 0 Å². The van der Waals surface area contributed by atoms with Crippen LogP contribution in [0.15, 0.2) is 186 Å². The number of anilines is 8. The van der Waals surface area contributed by atoms with Crippen molar-refractivity contribution < 1.29 is 4.42 Å². The third kappa shape index (κ3) is 5.33. The maximum absolute atomic E-state index is 6.05. The molecule has 0 fully saturated rings. The highest BCUT2D eigenvalue weighted by atomic mass is 16.3. The van der Waals surface area contributed by atoms with E-state index in [0.29, 0.717) is 0 Å². The molecule has 1 heterocycles. The van der Waals surface area contributed by atoms with Gasteiger partial charge in [0.2, 0.25) is 0 Å². The van der Waals surface area contributed by atoms with Gasteiger partial charge in [-0.05, 0) is 97.1 Å². The first kappa shape index (κ1) is 27.3. The molecule has 0 aliphatic carbocycles. The Kier molecular flexibility index (Phi) is 7.14. The van der Waals surface area contributed by atoms with Crippen LogP contribution in [-0.4, -0.2) is 0 Å². The fraction of sp³-hybridized carbons (Fsp3) is 0. The Hall–Kier alpha value is -6.26. The van der Waals surface area contributed by atoms with Crippen molar-refractivity contribution in [3.8, 4) is 0 Å². The van der Waals surface area contributed by atoms with Crippen LogP contribution in [0.25, 0.3) is 21.9 Å². The Bertz CT molecular complexity index is 2210. The summed E-state index contributed by atoms with van der Waals surface area (Å²) in [7, 11) is 0. The predicted molar refractivity (Wildman–Crippen MR) is 193 cm³/mol. The van der Waals surface area contributed by atoms with Crippen molar-refractivity contribution >= 4 is 67.4 Å². The third-order valence-corrected chi connectivity index (χ3v) is 8.16. The normalized spacial score (nSPS) is 11.0. The molecule has 0 bridgehead atoms. The molecule has 0 aliphatic rings. The lowest BCUT2D eigenvalue weighted by Gasteiger charge is -2.29. The minimum absolute atomic E-state index is 0.885. The fourth-order valence-electron chi connectivity index (χ4n) is 6.09. The molecule has 0 radical (unpaired) electrons. The van der Waals surface area contributed by atoms with Gasteiger partial charge in [-0.2, -0.15) is 0 Å². The van der Waals surface area contributed by atoms with Crippen LogP contribution in [0.2, 0.25) is 0 Å². The summed E-state index contributed by atoms with van der Waals surface area (Å²) in [6, 6.07) is 63.2. The first-order valence-electron chi connectivity index (χ1n) is 15.4. The van der Waals surface area contributed by atoms with Crippen LogP contribution in [-0.2, 0) is 0 Å². The van der Waals surface area contributed by atoms with E-state index in [-0.39, 0.29) is 0 Å². The van der Waals surface area contributed by atoms with Crippen molar-refractivity contribution in [3.63, 3.8) is 0 Å². The van der Waals surface area contributed by atoms with Crippen LogP contribution >= 0.6 is 0 Å². The highest BCUT2D eigenvalue weighted by Gasteiger charge is 2.17. The lowest BCUT2D eigenvalue weighted by Crippen LogP contribution is -2.13. The summed E-state index contributed by atoms with van der Waals surface area (Å²) < 4.78 is 6.05. The summed E-state index contributed by atoms with van der Waals surface area (Å²) in [5.74, 6) is 0. The number of para-hydroxylation sites is 4. The SMILES string of the molecule is c1ccc(N(c2ccccc2)c2cccc(N(c3ccccc3)c3cccc(Nc4ccc5oc6ccccc6c5c4)c3)c2)cc1. The molecule has 8 aromatic rings. The first-order chi connectivity index (χ1) is 22.8. The van der Waals surface area contributed by atoms with Gasteiger partial charge in [-0.15, -0.1) is 0 Å².